The number of halogens is 1. The Kier molecular flexibility index (Phi) is 3.76. The van der Waals surface area contributed by atoms with Crippen LogP contribution in [-0.4, -0.2) is 10.7 Å². The summed E-state index contributed by atoms with van der Waals surface area (Å²) in [5.41, 5.74) is 4.29. The van der Waals surface area contributed by atoms with Crippen molar-refractivity contribution in [3.63, 3.8) is 0 Å². The van der Waals surface area contributed by atoms with E-state index in [1.807, 2.05) is 42.3 Å². The molecular formula is C22H19ClN2O2. The van der Waals surface area contributed by atoms with Crippen molar-refractivity contribution in [1.82, 2.24) is 5.01 Å². The second kappa shape index (κ2) is 6.17. The van der Waals surface area contributed by atoms with Crippen molar-refractivity contribution in [2.75, 3.05) is 0 Å². The van der Waals surface area contributed by atoms with E-state index < -0.39 is 0 Å². The zero-order valence-electron chi connectivity index (χ0n) is 15.1. The van der Waals surface area contributed by atoms with Gasteiger partial charge in [0.05, 0.1) is 6.04 Å². The van der Waals surface area contributed by atoms with Crippen LogP contribution >= 0.6 is 11.6 Å². The van der Waals surface area contributed by atoms with E-state index in [4.69, 9.17) is 25.9 Å². The highest BCUT2D eigenvalue weighted by Crippen LogP contribution is 2.48. The Bertz CT molecular complexity index is 1040. The molecule has 2 atom stereocenters. The topological polar surface area (TPSA) is 38.0 Å². The second-order valence-corrected chi connectivity index (χ2v) is 7.56. The molecule has 2 aliphatic heterocycles. The van der Waals surface area contributed by atoms with Crippen molar-refractivity contribution in [3.05, 3.63) is 87.8 Å². The molecule has 0 saturated heterocycles. The molecule has 0 amide bonds. The van der Waals surface area contributed by atoms with Crippen molar-refractivity contribution < 1.29 is 9.15 Å². The molecule has 0 saturated carbocycles. The lowest BCUT2D eigenvalue weighted by molar-refractivity contribution is -0.0190. The van der Waals surface area contributed by atoms with Gasteiger partial charge in [-0.1, -0.05) is 41.4 Å². The summed E-state index contributed by atoms with van der Waals surface area (Å²) < 4.78 is 12.2. The Morgan fingerprint density at radius 3 is 2.59 bits per heavy atom. The molecule has 0 unspecified atom stereocenters. The lowest BCUT2D eigenvalue weighted by Gasteiger charge is -2.38. The van der Waals surface area contributed by atoms with Crippen molar-refractivity contribution in [2.24, 2.45) is 5.10 Å². The second-order valence-electron chi connectivity index (χ2n) is 7.12. The first-order valence-corrected chi connectivity index (χ1v) is 9.41. The molecule has 0 spiro atoms. The average Bonchev–Trinajstić information content (AvgIpc) is 3.28. The molecule has 5 rings (SSSR count). The number of aryl methyl sites for hydroxylation is 2. The van der Waals surface area contributed by atoms with E-state index in [0.29, 0.717) is 5.02 Å². The van der Waals surface area contributed by atoms with Crippen LogP contribution in [0.3, 0.4) is 0 Å². The molecule has 0 N–H and O–H groups in total. The summed E-state index contributed by atoms with van der Waals surface area (Å²) in [6, 6.07) is 18.2. The summed E-state index contributed by atoms with van der Waals surface area (Å²) in [6.07, 6.45) is 0.476. The standard InChI is InChI=1S/C22H19ClN2O2/c1-13-3-6-15(7-4-13)22-25-19(17-11-16(23)8-10-20(17)27-22)12-18(24-25)21-9-5-14(2)26-21/h3-11,19,22H,12H2,1-2H3/t19-,22-/m1/s1. The number of hydrogen-bond donors (Lipinski definition) is 0. The van der Waals surface area contributed by atoms with E-state index >= 15 is 0 Å². The largest absolute Gasteiger partial charge is 0.464 e. The van der Waals surface area contributed by atoms with E-state index in [0.717, 1.165) is 40.5 Å². The van der Waals surface area contributed by atoms with E-state index in [1.165, 1.54) is 5.56 Å². The molecule has 0 fully saturated rings. The predicted molar refractivity (Wildman–Crippen MR) is 105 cm³/mol. The van der Waals surface area contributed by atoms with E-state index in [2.05, 4.69) is 31.2 Å². The number of ether oxygens (including phenoxy) is 1. The van der Waals surface area contributed by atoms with Gasteiger partial charge < -0.3 is 9.15 Å². The van der Waals surface area contributed by atoms with Gasteiger partial charge in [0, 0.05) is 22.6 Å². The number of furan rings is 1. The van der Waals surface area contributed by atoms with Gasteiger partial charge in [-0.2, -0.15) is 5.10 Å². The van der Waals surface area contributed by atoms with Gasteiger partial charge in [-0.3, -0.25) is 0 Å². The molecule has 5 heteroatoms. The van der Waals surface area contributed by atoms with E-state index in [-0.39, 0.29) is 12.3 Å². The highest BCUT2D eigenvalue weighted by atomic mass is 35.5. The molecule has 27 heavy (non-hydrogen) atoms. The van der Waals surface area contributed by atoms with Crippen LogP contribution in [0.5, 0.6) is 5.75 Å². The highest BCUT2D eigenvalue weighted by Gasteiger charge is 2.41. The highest BCUT2D eigenvalue weighted by molar-refractivity contribution is 6.30. The van der Waals surface area contributed by atoms with Crippen molar-refractivity contribution in [1.29, 1.82) is 0 Å². The van der Waals surface area contributed by atoms with Crippen LogP contribution in [0, 0.1) is 13.8 Å². The van der Waals surface area contributed by atoms with Crippen molar-refractivity contribution >= 4 is 17.3 Å². The summed E-state index contributed by atoms with van der Waals surface area (Å²) in [7, 11) is 0. The van der Waals surface area contributed by atoms with Crippen LogP contribution in [0.4, 0.5) is 0 Å². The summed E-state index contributed by atoms with van der Waals surface area (Å²) in [6.45, 7) is 4.02. The van der Waals surface area contributed by atoms with Crippen LogP contribution in [0.1, 0.15) is 46.9 Å². The third kappa shape index (κ3) is 2.81. The lowest BCUT2D eigenvalue weighted by Crippen LogP contribution is -2.33. The molecule has 1 aromatic heterocycles. The van der Waals surface area contributed by atoms with E-state index in [1.54, 1.807) is 0 Å². The first-order valence-electron chi connectivity index (χ1n) is 9.04. The Balaban J connectivity index is 1.60. The van der Waals surface area contributed by atoms with Gasteiger partial charge in [0.25, 0.3) is 0 Å². The fourth-order valence-electron chi connectivity index (χ4n) is 3.75. The minimum atomic E-state index is -0.280. The third-order valence-corrected chi connectivity index (χ3v) is 5.37. The number of hydrazone groups is 1. The molecule has 3 aromatic rings. The molecule has 3 heterocycles. The Hall–Kier alpha value is -2.72. The first kappa shape index (κ1) is 16.5. The maximum atomic E-state index is 6.35. The summed E-state index contributed by atoms with van der Waals surface area (Å²) in [4.78, 5) is 0. The molecule has 2 aliphatic rings. The predicted octanol–water partition coefficient (Wildman–Crippen LogP) is 5.79. The van der Waals surface area contributed by atoms with E-state index in [9.17, 15) is 0 Å². The van der Waals surface area contributed by atoms with Crippen molar-refractivity contribution in [3.8, 4) is 5.75 Å². The monoisotopic (exact) mass is 378 g/mol. The number of benzene rings is 2. The first-order chi connectivity index (χ1) is 13.1. The third-order valence-electron chi connectivity index (χ3n) is 5.14. The number of nitrogens with zero attached hydrogens (tertiary/aromatic N) is 2. The Morgan fingerprint density at radius 2 is 1.85 bits per heavy atom. The van der Waals surface area contributed by atoms with Gasteiger partial charge in [0.2, 0.25) is 6.23 Å². The molecule has 136 valence electrons. The van der Waals surface area contributed by atoms with Gasteiger partial charge in [0.15, 0.2) is 0 Å². The lowest BCUT2D eigenvalue weighted by atomic mass is 9.97. The number of hydrogen-bond acceptors (Lipinski definition) is 4. The number of rotatable bonds is 2. The van der Waals surface area contributed by atoms with Gasteiger partial charge in [-0.25, -0.2) is 5.01 Å². The SMILES string of the molecule is Cc1ccc([C@H]2Oc3ccc(Cl)cc3[C@H]3CC(c4ccc(C)o4)=NN32)cc1. The molecule has 4 nitrogen and oxygen atoms in total. The summed E-state index contributed by atoms with van der Waals surface area (Å²) in [5.74, 6) is 2.55. The zero-order valence-corrected chi connectivity index (χ0v) is 15.9. The van der Waals surface area contributed by atoms with Crippen LogP contribution in [0.15, 0.2) is 64.1 Å². The van der Waals surface area contributed by atoms with Crippen LogP contribution in [0.2, 0.25) is 5.02 Å². The normalized spacial score (nSPS) is 20.7. The Morgan fingerprint density at radius 1 is 1.04 bits per heavy atom. The smallest absolute Gasteiger partial charge is 0.213 e. The average molecular weight is 379 g/mol. The van der Waals surface area contributed by atoms with Crippen LogP contribution in [0.25, 0.3) is 0 Å². The Labute approximate surface area is 163 Å². The quantitative estimate of drug-likeness (QED) is 0.566. The molecular weight excluding hydrogens is 360 g/mol. The fraction of sp³-hybridized carbons (Fsp3) is 0.227. The molecule has 0 bridgehead atoms. The van der Waals surface area contributed by atoms with Crippen LogP contribution in [-0.2, 0) is 0 Å². The molecule has 0 radical (unpaired) electrons. The zero-order chi connectivity index (χ0) is 18.5. The fourth-order valence-corrected chi connectivity index (χ4v) is 3.93. The number of fused-ring (bicyclic) bond motifs is 3. The minimum absolute atomic E-state index is 0.0687. The van der Waals surface area contributed by atoms with Gasteiger partial charge in [-0.05, 0) is 44.2 Å². The summed E-state index contributed by atoms with van der Waals surface area (Å²) >= 11 is 6.26. The van der Waals surface area contributed by atoms with Gasteiger partial charge in [-0.15, -0.1) is 0 Å². The van der Waals surface area contributed by atoms with Crippen molar-refractivity contribution in [2.45, 2.75) is 32.5 Å². The van der Waals surface area contributed by atoms with Crippen LogP contribution < -0.4 is 4.74 Å². The maximum absolute atomic E-state index is 6.35. The minimum Gasteiger partial charge on any atom is -0.464 e. The molecule has 0 aliphatic carbocycles. The summed E-state index contributed by atoms with van der Waals surface area (Å²) in [5, 5.41) is 7.63. The molecule has 2 aromatic carbocycles. The van der Waals surface area contributed by atoms with Gasteiger partial charge in [0.1, 0.15) is 23.0 Å². The van der Waals surface area contributed by atoms with Gasteiger partial charge >= 0.3 is 0 Å². The maximum Gasteiger partial charge on any atom is 0.213 e.